The predicted molar refractivity (Wildman–Crippen MR) is 256 cm³/mol. The highest BCUT2D eigenvalue weighted by molar-refractivity contribution is 7.85. The molecule has 12 nitrogen and oxygen atoms in total. The Kier molecular flexibility index (Phi) is 38.1. The number of allylic oxidation sites excluding steroid dienone is 8. The standard InChI is InChI=1S/C51H90O12S/c1-3-5-7-9-11-13-15-17-19-20-21-22-23-24-26-27-29-31-33-35-37-39-46(52)60-41-44(42-61-51-50(56)49(55)48(54)45(63-51)43-64(57,58)59)62-47(53)40-38-36-34-32-30-28-25-18-16-14-12-10-8-6-4-2/h12,14,17-19,25,30,32,44-45,48-51,54-56H,3-11,13,15-16,20-24,26-29,31,33-43H2,1-2H3,(H,57,58,59)/b14-12+,19-17+,25-18+,32-30+/t44-,45-,48-,49?,50?,51+/m1/s1. The van der Waals surface area contributed by atoms with Crippen molar-refractivity contribution in [3.05, 3.63) is 48.6 Å². The average Bonchev–Trinajstić information content (AvgIpc) is 3.26. The zero-order valence-corrected chi connectivity index (χ0v) is 40.7. The number of aliphatic hydroxyl groups is 3. The first kappa shape index (κ1) is 59.6. The Hall–Kier alpha value is -2.39. The molecule has 4 N–H and O–H groups in total. The lowest BCUT2D eigenvalue weighted by atomic mass is 10.00. The third-order valence-corrected chi connectivity index (χ3v) is 12.1. The molecule has 13 heteroatoms. The Balaban J connectivity index is 2.39. The van der Waals surface area contributed by atoms with Crippen LogP contribution >= 0.6 is 0 Å². The van der Waals surface area contributed by atoms with E-state index in [4.69, 9.17) is 18.9 Å². The lowest BCUT2D eigenvalue weighted by Crippen LogP contribution is -2.60. The summed E-state index contributed by atoms with van der Waals surface area (Å²) in [5.74, 6) is -2.03. The molecule has 1 rings (SSSR count). The van der Waals surface area contributed by atoms with Crippen LogP contribution in [0.5, 0.6) is 0 Å². The van der Waals surface area contributed by atoms with E-state index in [1.807, 2.05) is 0 Å². The SMILES string of the molecule is CCCCC/C=C/C/C=C/C/C=C/CCCCC(=O)O[C@H](COC(=O)CCCCCCCCCCCCC/C=C/CCCCCCCC)CO[C@H]1O[C@H](CS(=O)(=O)O)[C@@H](O)C(O)C1O. The number of carbonyl (C=O) groups excluding carboxylic acids is 2. The van der Waals surface area contributed by atoms with Crippen LogP contribution in [0, 0.1) is 0 Å². The van der Waals surface area contributed by atoms with Crippen LogP contribution in [0.2, 0.25) is 0 Å². The van der Waals surface area contributed by atoms with Crippen molar-refractivity contribution >= 4 is 22.1 Å². The smallest absolute Gasteiger partial charge is 0.306 e. The van der Waals surface area contributed by atoms with Crippen LogP contribution in [0.25, 0.3) is 0 Å². The van der Waals surface area contributed by atoms with E-state index in [1.54, 1.807) is 0 Å². The minimum atomic E-state index is -4.61. The summed E-state index contributed by atoms with van der Waals surface area (Å²) in [5, 5.41) is 30.9. The molecule has 0 bridgehead atoms. The summed E-state index contributed by atoms with van der Waals surface area (Å²) in [6.45, 7) is 3.71. The zero-order valence-electron chi connectivity index (χ0n) is 39.9. The van der Waals surface area contributed by atoms with Crippen LogP contribution < -0.4 is 0 Å². The van der Waals surface area contributed by atoms with Crippen LogP contribution in [-0.4, -0.2) is 96.0 Å². The van der Waals surface area contributed by atoms with Crippen molar-refractivity contribution in [1.82, 2.24) is 0 Å². The maximum atomic E-state index is 12.8. The van der Waals surface area contributed by atoms with Gasteiger partial charge in [0.05, 0.1) is 6.61 Å². The number of ether oxygens (including phenoxy) is 4. The van der Waals surface area contributed by atoms with Crippen molar-refractivity contribution in [3.8, 4) is 0 Å². The normalized spacial score (nSPS) is 20.0. The molecule has 0 radical (unpaired) electrons. The predicted octanol–water partition coefficient (Wildman–Crippen LogP) is 11.1. The molecule has 1 saturated heterocycles. The van der Waals surface area contributed by atoms with E-state index in [1.165, 1.54) is 116 Å². The van der Waals surface area contributed by atoms with Crippen LogP contribution in [0.1, 0.15) is 206 Å². The lowest BCUT2D eigenvalue weighted by Gasteiger charge is -2.40. The van der Waals surface area contributed by atoms with Gasteiger partial charge in [-0.2, -0.15) is 8.42 Å². The molecule has 64 heavy (non-hydrogen) atoms. The summed E-state index contributed by atoms with van der Waals surface area (Å²) in [6, 6.07) is 0. The van der Waals surface area contributed by atoms with Gasteiger partial charge in [0.15, 0.2) is 12.4 Å². The van der Waals surface area contributed by atoms with Crippen molar-refractivity contribution in [3.63, 3.8) is 0 Å². The lowest BCUT2D eigenvalue weighted by molar-refractivity contribution is -0.297. The fourth-order valence-electron chi connectivity index (χ4n) is 7.44. The highest BCUT2D eigenvalue weighted by Crippen LogP contribution is 2.24. The highest BCUT2D eigenvalue weighted by Gasteiger charge is 2.46. The molecule has 0 saturated carbocycles. The molecule has 372 valence electrons. The third-order valence-electron chi connectivity index (χ3n) is 11.4. The van der Waals surface area contributed by atoms with Crippen LogP contribution in [0.15, 0.2) is 48.6 Å². The number of unbranched alkanes of at least 4 members (excludes halogenated alkanes) is 22. The minimum Gasteiger partial charge on any atom is -0.462 e. The molecule has 1 heterocycles. The maximum absolute atomic E-state index is 12.8. The quantitative estimate of drug-likeness (QED) is 0.0197. The monoisotopic (exact) mass is 927 g/mol. The number of rotatable bonds is 42. The first-order valence-electron chi connectivity index (χ1n) is 25.2. The van der Waals surface area contributed by atoms with Gasteiger partial charge in [-0.1, -0.05) is 165 Å². The van der Waals surface area contributed by atoms with E-state index in [-0.39, 0.29) is 19.4 Å². The van der Waals surface area contributed by atoms with E-state index in [9.17, 15) is 37.9 Å². The van der Waals surface area contributed by atoms with Gasteiger partial charge < -0.3 is 34.3 Å². The van der Waals surface area contributed by atoms with Gasteiger partial charge in [0.2, 0.25) is 0 Å². The van der Waals surface area contributed by atoms with E-state index in [0.29, 0.717) is 12.8 Å². The molecule has 0 aromatic heterocycles. The Morgan fingerprint density at radius 2 is 0.938 bits per heavy atom. The minimum absolute atomic E-state index is 0.115. The van der Waals surface area contributed by atoms with Gasteiger partial charge in [-0.05, 0) is 77.0 Å². The van der Waals surface area contributed by atoms with Gasteiger partial charge in [-0.25, -0.2) is 0 Å². The topological polar surface area (TPSA) is 186 Å². The number of hydrogen-bond donors (Lipinski definition) is 4. The largest absolute Gasteiger partial charge is 0.462 e. The second kappa shape index (κ2) is 40.8. The summed E-state index contributed by atoms with van der Waals surface area (Å²) in [5.41, 5.74) is 0. The molecule has 1 aliphatic rings. The van der Waals surface area contributed by atoms with E-state index < -0.39 is 71.2 Å². The first-order valence-corrected chi connectivity index (χ1v) is 26.8. The van der Waals surface area contributed by atoms with E-state index in [2.05, 4.69) is 62.5 Å². The molecule has 0 amide bonds. The number of hydrogen-bond acceptors (Lipinski definition) is 11. The molecule has 0 aromatic rings. The van der Waals surface area contributed by atoms with Crippen molar-refractivity contribution in [1.29, 1.82) is 0 Å². The molecule has 1 aliphatic heterocycles. The van der Waals surface area contributed by atoms with E-state index in [0.717, 1.165) is 51.4 Å². The second-order valence-corrected chi connectivity index (χ2v) is 19.0. The third kappa shape index (κ3) is 34.9. The first-order chi connectivity index (χ1) is 31.0. The van der Waals surface area contributed by atoms with Gasteiger partial charge in [0.1, 0.15) is 36.8 Å². The Morgan fingerprint density at radius 1 is 0.531 bits per heavy atom. The van der Waals surface area contributed by atoms with Crippen molar-refractivity contribution < 1.29 is 56.8 Å². The summed E-state index contributed by atoms with van der Waals surface area (Å²) < 4.78 is 54.1. The maximum Gasteiger partial charge on any atom is 0.306 e. The highest BCUT2D eigenvalue weighted by atomic mass is 32.2. The van der Waals surface area contributed by atoms with Crippen molar-refractivity contribution in [2.75, 3.05) is 19.0 Å². The molecule has 0 spiro atoms. The fraction of sp³-hybridized carbons (Fsp3) is 0.804. The number of aliphatic hydroxyl groups excluding tert-OH is 3. The van der Waals surface area contributed by atoms with Crippen LogP contribution in [0.4, 0.5) is 0 Å². The Bertz CT molecular complexity index is 1360. The summed E-state index contributed by atoms with van der Waals surface area (Å²) >= 11 is 0. The summed E-state index contributed by atoms with van der Waals surface area (Å²) in [7, 11) is -4.61. The number of carbonyl (C=O) groups is 2. The molecule has 0 aliphatic carbocycles. The van der Waals surface area contributed by atoms with Gasteiger partial charge in [-0.3, -0.25) is 14.1 Å². The Labute approximate surface area is 388 Å². The molecule has 2 unspecified atom stereocenters. The summed E-state index contributed by atoms with van der Waals surface area (Å²) in [4.78, 5) is 25.5. The number of esters is 2. The van der Waals surface area contributed by atoms with Crippen LogP contribution in [-0.2, 0) is 38.7 Å². The Morgan fingerprint density at radius 3 is 1.47 bits per heavy atom. The molecule has 0 aromatic carbocycles. The van der Waals surface area contributed by atoms with Crippen molar-refractivity contribution in [2.45, 2.75) is 243 Å². The zero-order chi connectivity index (χ0) is 46.9. The van der Waals surface area contributed by atoms with Crippen molar-refractivity contribution in [2.24, 2.45) is 0 Å². The van der Waals surface area contributed by atoms with Gasteiger partial charge in [-0.15, -0.1) is 0 Å². The fourth-order valence-corrected chi connectivity index (χ4v) is 8.13. The van der Waals surface area contributed by atoms with E-state index >= 15 is 0 Å². The van der Waals surface area contributed by atoms with Gasteiger partial charge in [0, 0.05) is 12.8 Å². The summed E-state index contributed by atoms with van der Waals surface area (Å²) in [6.07, 6.45) is 40.1. The molecular weight excluding hydrogens is 837 g/mol. The molecule has 6 atom stereocenters. The van der Waals surface area contributed by atoms with Gasteiger partial charge >= 0.3 is 11.9 Å². The van der Waals surface area contributed by atoms with Crippen LogP contribution in [0.3, 0.4) is 0 Å². The molecular formula is C51H90O12S. The second-order valence-electron chi connectivity index (χ2n) is 17.5. The van der Waals surface area contributed by atoms with Gasteiger partial charge in [0.25, 0.3) is 10.1 Å². The molecule has 1 fully saturated rings. The average molecular weight is 927 g/mol.